The average Bonchev–Trinajstić information content (AvgIpc) is 3.76. The Bertz CT molecular complexity index is 1490. The Hall–Kier alpha value is -2.88. The lowest BCUT2D eigenvalue weighted by Crippen LogP contribution is -2.44. The topological polar surface area (TPSA) is 122 Å². The second kappa shape index (κ2) is 20.0. The minimum atomic E-state index is -1.35. The van der Waals surface area contributed by atoms with E-state index in [9.17, 15) is 14.4 Å². The van der Waals surface area contributed by atoms with E-state index in [1.54, 1.807) is 17.3 Å². The summed E-state index contributed by atoms with van der Waals surface area (Å²) in [4.78, 5) is 43.5. The molecule has 55 heavy (non-hydrogen) atoms. The summed E-state index contributed by atoms with van der Waals surface area (Å²) in [6.07, 6.45) is 21.3. The summed E-state index contributed by atoms with van der Waals surface area (Å²) >= 11 is 0. The van der Waals surface area contributed by atoms with Crippen LogP contribution in [0.25, 0.3) is 0 Å². The van der Waals surface area contributed by atoms with E-state index in [0.29, 0.717) is 23.5 Å². The monoisotopic (exact) mass is 781 g/mol. The molecule has 2 amide bonds. The smallest absolute Gasteiger partial charge is 0.328 e. The number of nitrogens with zero attached hydrogens (tertiary/aromatic N) is 1. The largest absolute Gasteiger partial charge is 0.494 e. The quantitative estimate of drug-likeness (QED) is 0.0612. The van der Waals surface area contributed by atoms with Crippen LogP contribution in [0.2, 0.25) is 23.7 Å². The van der Waals surface area contributed by atoms with Crippen molar-refractivity contribution in [1.29, 1.82) is 0 Å². The van der Waals surface area contributed by atoms with Gasteiger partial charge in [0.25, 0.3) is 0 Å². The fourth-order valence-electron chi connectivity index (χ4n) is 9.31. The van der Waals surface area contributed by atoms with Crippen molar-refractivity contribution in [1.82, 2.24) is 20.6 Å². The highest BCUT2D eigenvalue weighted by molar-refractivity contribution is 6.82. The highest BCUT2D eigenvalue weighted by atomic mass is 28.3. The number of methoxy groups -OCH3 is 1. The highest BCUT2D eigenvalue weighted by Crippen LogP contribution is 2.66. The van der Waals surface area contributed by atoms with Crippen molar-refractivity contribution in [2.75, 3.05) is 13.7 Å². The van der Waals surface area contributed by atoms with Gasteiger partial charge < -0.3 is 25.1 Å². The number of hydrogen-bond donors (Lipinski definition) is 3. The van der Waals surface area contributed by atoms with Crippen LogP contribution in [0.15, 0.2) is 35.0 Å². The van der Waals surface area contributed by atoms with Crippen LogP contribution in [0.3, 0.4) is 0 Å². The number of imidazole rings is 1. The molecule has 310 valence electrons. The second-order valence-electron chi connectivity index (χ2n) is 19.0. The normalized spacial score (nSPS) is 24.5. The molecule has 6 atom stereocenters. The molecular weight excluding hydrogens is 705 g/mol. The molecule has 1 saturated heterocycles. The number of fused-ring (bicyclic) bond motifs is 1. The number of esters is 1. The van der Waals surface area contributed by atoms with Crippen molar-refractivity contribution in [3.05, 3.63) is 40.7 Å². The third-order valence-electron chi connectivity index (χ3n) is 14.3. The van der Waals surface area contributed by atoms with Gasteiger partial charge in [0.15, 0.2) is 0 Å². The predicted molar refractivity (Wildman–Crippen MR) is 225 cm³/mol. The van der Waals surface area contributed by atoms with E-state index in [1.807, 2.05) is 0 Å². The van der Waals surface area contributed by atoms with E-state index in [1.165, 1.54) is 95.4 Å². The molecule has 3 N–H and O–H groups in total. The van der Waals surface area contributed by atoms with Crippen LogP contribution < -0.4 is 10.6 Å². The van der Waals surface area contributed by atoms with Gasteiger partial charge in [0.05, 0.1) is 27.6 Å². The van der Waals surface area contributed by atoms with Gasteiger partial charge in [-0.05, 0) is 85.9 Å². The van der Waals surface area contributed by atoms with Gasteiger partial charge in [0.2, 0.25) is 11.8 Å². The molecule has 2 aliphatic carbocycles. The van der Waals surface area contributed by atoms with Crippen molar-refractivity contribution >= 4 is 25.9 Å². The minimum Gasteiger partial charge on any atom is -0.494 e. The number of aromatic nitrogens is 2. The standard InChI is InChI=1S/C45H76N4O5Si/c1-31-32(2)42-45(7,33(3)41(31)36-28-38(36)55(9,10)44(4,5)6)25-23-35(54-42)21-19-17-15-13-11-12-14-16-18-20-22-39(50)47-26-24-40(51)49-37(43(52)53-8)27-34-29-46-30-48-34/h29-30,33,35-38H,11-28H2,1-10H3,(H,46,48)(H,47,50)(H,49,51). The maximum Gasteiger partial charge on any atom is 0.328 e. The Kier molecular flexibility index (Phi) is 16.3. The van der Waals surface area contributed by atoms with Crippen molar-refractivity contribution < 1.29 is 23.9 Å². The number of allylic oxidation sites excluding steroid dienone is 4. The van der Waals surface area contributed by atoms with Crippen LogP contribution in [-0.2, 0) is 30.3 Å². The van der Waals surface area contributed by atoms with Crippen molar-refractivity contribution in [3.63, 3.8) is 0 Å². The van der Waals surface area contributed by atoms with Gasteiger partial charge in [-0.1, -0.05) is 105 Å². The van der Waals surface area contributed by atoms with Crippen LogP contribution in [0.1, 0.15) is 157 Å². The van der Waals surface area contributed by atoms with E-state index in [-0.39, 0.29) is 36.6 Å². The number of H-pyrrole nitrogens is 1. The lowest BCUT2D eigenvalue weighted by Gasteiger charge is -2.49. The Labute approximate surface area is 334 Å². The lowest BCUT2D eigenvalue weighted by molar-refractivity contribution is -0.145. The minimum absolute atomic E-state index is 0.0348. The molecule has 6 unspecified atom stereocenters. The van der Waals surface area contributed by atoms with Gasteiger partial charge >= 0.3 is 5.97 Å². The van der Waals surface area contributed by atoms with Crippen LogP contribution in [-0.4, -0.2) is 61.6 Å². The summed E-state index contributed by atoms with van der Waals surface area (Å²) in [6, 6.07) is -0.805. The summed E-state index contributed by atoms with van der Waals surface area (Å²) in [7, 11) is -0.0593. The molecule has 0 bridgehead atoms. The zero-order chi connectivity index (χ0) is 40.4. The number of rotatable bonds is 22. The fraction of sp³-hybridized carbons (Fsp3) is 0.778. The predicted octanol–water partition coefficient (Wildman–Crippen LogP) is 10.1. The Morgan fingerprint density at radius 1 is 0.982 bits per heavy atom. The molecule has 3 aliphatic rings. The van der Waals surface area contributed by atoms with Crippen molar-refractivity contribution in [2.24, 2.45) is 17.3 Å². The van der Waals surface area contributed by atoms with E-state index in [0.717, 1.165) is 36.4 Å². The summed E-state index contributed by atoms with van der Waals surface area (Å²) in [5.74, 6) is 1.80. The molecule has 2 fully saturated rings. The average molecular weight is 781 g/mol. The van der Waals surface area contributed by atoms with E-state index < -0.39 is 20.1 Å². The molecule has 1 aromatic rings. The third-order valence-corrected chi connectivity index (χ3v) is 20.6. The van der Waals surface area contributed by atoms with Crippen LogP contribution in [0, 0.1) is 17.3 Å². The van der Waals surface area contributed by atoms with Gasteiger partial charge in [0.1, 0.15) is 11.8 Å². The van der Waals surface area contributed by atoms with Gasteiger partial charge in [-0.3, -0.25) is 9.59 Å². The number of unbranched alkanes of at least 4 members (excludes halogenated alkanes) is 9. The first-order valence-corrected chi connectivity index (χ1v) is 24.8. The third kappa shape index (κ3) is 11.8. The zero-order valence-corrected chi connectivity index (χ0v) is 37.3. The first-order chi connectivity index (χ1) is 26.0. The SMILES string of the molecule is COC(=O)C(Cc1cnc[nH]1)NC(=O)CCNC(=O)CCCCCCCCCCCCC1CCC2(C)C(=C(C)C(C)=C(C3CC3[Si](C)(C)C(C)(C)C)C2C)O1. The van der Waals surface area contributed by atoms with Crippen molar-refractivity contribution in [3.8, 4) is 0 Å². The van der Waals surface area contributed by atoms with E-state index >= 15 is 0 Å². The molecule has 0 aromatic carbocycles. The summed E-state index contributed by atoms with van der Waals surface area (Å²) in [5.41, 5.74) is 6.54. The number of ether oxygens (including phenoxy) is 2. The van der Waals surface area contributed by atoms with Gasteiger partial charge in [-0.25, -0.2) is 9.78 Å². The van der Waals surface area contributed by atoms with E-state index in [4.69, 9.17) is 9.47 Å². The van der Waals surface area contributed by atoms with E-state index in [2.05, 4.69) is 82.2 Å². The second-order valence-corrected chi connectivity index (χ2v) is 24.7. The van der Waals surface area contributed by atoms with Crippen LogP contribution in [0.4, 0.5) is 0 Å². The first-order valence-electron chi connectivity index (χ1n) is 21.7. The zero-order valence-electron chi connectivity index (χ0n) is 36.3. The number of amides is 2. The van der Waals surface area contributed by atoms with Gasteiger partial charge in [0, 0.05) is 43.1 Å². The first kappa shape index (κ1) is 44.8. The maximum atomic E-state index is 12.4. The molecule has 2 heterocycles. The van der Waals surface area contributed by atoms with Crippen molar-refractivity contribution in [2.45, 2.75) is 193 Å². The molecule has 9 nitrogen and oxygen atoms in total. The Morgan fingerprint density at radius 3 is 2.22 bits per heavy atom. The fourth-order valence-corrected chi connectivity index (χ4v) is 12.4. The summed E-state index contributed by atoms with van der Waals surface area (Å²) in [5, 5.41) is 5.96. The lowest BCUT2D eigenvalue weighted by atomic mass is 9.62. The molecule has 10 heteroatoms. The maximum absolute atomic E-state index is 12.4. The summed E-state index contributed by atoms with van der Waals surface area (Å²) in [6.45, 7) is 22.7. The number of aromatic amines is 1. The number of carbonyl (C=O) groups is 3. The molecule has 0 radical (unpaired) electrons. The van der Waals surface area contributed by atoms with Crippen LogP contribution >= 0.6 is 0 Å². The summed E-state index contributed by atoms with van der Waals surface area (Å²) < 4.78 is 11.7. The Morgan fingerprint density at radius 2 is 1.62 bits per heavy atom. The molecule has 1 saturated carbocycles. The molecule has 1 aliphatic heterocycles. The number of carbonyl (C=O) groups excluding carboxylic acids is 3. The van der Waals surface area contributed by atoms with Crippen LogP contribution in [0.5, 0.6) is 0 Å². The Balaban J connectivity index is 1.02. The highest BCUT2D eigenvalue weighted by Gasteiger charge is 2.58. The molecule has 0 spiro atoms. The number of hydrogen-bond acceptors (Lipinski definition) is 6. The molecule has 4 rings (SSSR count). The molecule has 1 aromatic heterocycles. The number of nitrogens with one attached hydrogen (secondary N) is 3. The van der Waals surface area contributed by atoms with Gasteiger partial charge in [-0.15, -0.1) is 0 Å². The van der Waals surface area contributed by atoms with Gasteiger partial charge in [-0.2, -0.15) is 0 Å². The molecular formula is C45H76N4O5Si.